The van der Waals surface area contributed by atoms with E-state index in [1.54, 1.807) is 25.4 Å². The van der Waals surface area contributed by atoms with Gasteiger partial charge in [0.25, 0.3) is 17.4 Å². The largest absolute Gasteiger partial charge is 0.379 e. The zero-order chi connectivity index (χ0) is 34.9. The molecule has 0 radical (unpaired) electrons. The zero-order valence-electron chi connectivity index (χ0n) is 28.0. The third-order valence-corrected chi connectivity index (χ3v) is 11.7. The Bertz CT molecular complexity index is 1970. The highest BCUT2D eigenvalue weighted by atomic mass is 79.9. The SMILES string of the molecule is CN1CC(Nc2cnn(C)c(=O)c2Br)CC(c2ccc(CN3CC4(C3)CN(c3ccc5c(c3)C(=O)N(C3CCC(=O)NC3=O)C5=O)C4)cc2)C1. The van der Waals surface area contributed by atoms with Crippen LogP contribution in [0.5, 0.6) is 0 Å². The van der Waals surface area contributed by atoms with Crippen LogP contribution in [0.1, 0.15) is 57.0 Å². The summed E-state index contributed by atoms with van der Waals surface area (Å²) < 4.78 is 1.82. The van der Waals surface area contributed by atoms with E-state index in [0.29, 0.717) is 21.5 Å². The molecule has 4 amide bonds. The molecule has 50 heavy (non-hydrogen) atoms. The Balaban J connectivity index is 0.838. The van der Waals surface area contributed by atoms with Gasteiger partial charge in [-0.2, -0.15) is 5.10 Å². The zero-order valence-corrected chi connectivity index (χ0v) is 29.6. The van der Waals surface area contributed by atoms with E-state index in [4.69, 9.17) is 0 Å². The summed E-state index contributed by atoms with van der Waals surface area (Å²) in [4.78, 5) is 70.7. The lowest BCUT2D eigenvalue weighted by molar-refractivity contribution is -0.136. The van der Waals surface area contributed by atoms with E-state index < -0.39 is 23.8 Å². The van der Waals surface area contributed by atoms with E-state index >= 15 is 0 Å². The Morgan fingerprint density at radius 3 is 2.42 bits per heavy atom. The first-order chi connectivity index (χ1) is 24.0. The topological polar surface area (TPSA) is 140 Å². The van der Waals surface area contributed by atoms with Gasteiger partial charge < -0.3 is 15.1 Å². The molecule has 8 rings (SSSR count). The number of likely N-dealkylation sites (N-methyl/N-ethyl adjacent to an activating group) is 1. The number of halogens is 1. The highest BCUT2D eigenvalue weighted by molar-refractivity contribution is 9.10. The van der Waals surface area contributed by atoms with Crippen LogP contribution in [-0.2, 0) is 23.2 Å². The van der Waals surface area contributed by atoms with Crippen molar-refractivity contribution in [2.24, 2.45) is 12.5 Å². The molecule has 1 spiro atoms. The molecule has 4 fully saturated rings. The Kier molecular flexibility index (Phi) is 8.15. The van der Waals surface area contributed by atoms with Crippen molar-refractivity contribution >= 4 is 50.9 Å². The average Bonchev–Trinajstić information content (AvgIpc) is 3.30. The van der Waals surface area contributed by atoms with E-state index in [1.807, 2.05) is 6.07 Å². The molecule has 3 atom stereocenters. The van der Waals surface area contributed by atoms with Crippen molar-refractivity contribution in [3.63, 3.8) is 0 Å². The number of carbonyl (C=O) groups excluding carboxylic acids is 4. The number of imide groups is 2. The van der Waals surface area contributed by atoms with E-state index in [2.05, 4.69) is 77.7 Å². The Morgan fingerprint density at radius 2 is 1.68 bits per heavy atom. The van der Waals surface area contributed by atoms with Crippen molar-refractivity contribution in [2.75, 3.05) is 56.5 Å². The Hall–Kier alpha value is -4.40. The molecule has 4 saturated heterocycles. The lowest BCUT2D eigenvalue weighted by atomic mass is 9.72. The van der Waals surface area contributed by atoms with Crippen LogP contribution in [0, 0.1) is 5.41 Å². The van der Waals surface area contributed by atoms with Crippen LogP contribution in [-0.4, -0.2) is 107 Å². The number of aryl methyl sites for hydroxylation is 1. The van der Waals surface area contributed by atoms with Gasteiger partial charge in [-0.05, 0) is 71.1 Å². The summed E-state index contributed by atoms with van der Waals surface area (Å²) in [5, 5.41) is 9.95. The number of anilines is 2. The maximum atomic E-state index is 13.3. The number of piperidine rings is 2. The van der Waals surface area contributed by atoms with Crippen molar-refractivity contribution in [1.29, 1.82) is 0 Å². The second kappa shape index (κ2) is 12.4. The van der Waals surface area contributed by atoms with Gasteiger partial charge in [0.15, 0.2) is 0 Å². The molecule has 0 bridgehead atoms. The van der Waals surface area contributed by atoms with Crippen LogP contribution in [0.15, 0.2) is 57.9 Å². The van der Waals surface area contributed by atoms with Crippen LogP contribution in [0.25, 0.3) is 0 Å². The van der Waals surface area contributed by atoms with E-state index in [-0.39, 0.29) is 35.8 Å². The molecule has 0 saturated carbocycles. The van der Waals surface area contributed by atoms with Gasteiger partial charge in [0.05, 0.1) is 23.0 Å². The number of nitrogens with zero attached hydrogens (tertiary/aromatic N) is 6. The van der Waals surface area contributed by atoms with Crippen LogP contribution in [0.2, 0.25) is 0 Å². The van der Waals surface area contributed by atoms with Crippen LogP contribution < -0.4 is 21.1 Å². The summed E-state index contributed by atoms with van der Waals surface area (Å²) in [5.74, 6) is -1.57. The average molecular weight is 744 g/mol. The van der Waals surface area contributed by atoms with Crippen molar-refractivity contribution in [2.45, 2.75) is 43.8 Å². The number of likely N-dealkylation sites (tertiary alicyclic amines) is 2. The number of hydrogen-bond donors (Lipinski definition) is 2. The van der Waals surface area contributed by atoms with Crippen molar-refractivity contribution in [3.8, 4) is 0 Å². The highest BCUT2D eigenvalue weighted by Crippen LogP contribution is 2.43. The summed E-state index contributed by atoms with van der Waals surface area (Å²) in [6.07, 6.45) is 2.90. The Morgan fingerprint density at radius 1 is 0.940 bits per heavy atom. The van der Waals surface area contributed by atoms with Gasteiger partial charge in [0.2, 0.25) is 11.8 Å². The third kappa shape index (κ3) is 5.82. The summed E-state index contributed by atoms with van der Waals surface area (Å²) >= 11 is 3.43. The second-order valence-corrected chi connectivity index (χ2v) is 15.5. The maximum Gasteiger partial charge on any atom is 0.282 e. The number of rotatable bonds is 7. The standard InChI is InChI=1S/C36H39BrN8O5/c1-41-15-23(11-24(16-41)39-28-13-38-42(2)35(50)31(28)37)22-5-3-21(4-6-22)14-43-17-36(18-43)19-44(20-36)25-7-8-26-27(12-25)34(49)45(33(26)48)29-9-10-30(46)40-32(29)47/h3-8,12-13,23-24,29,39H,9-11,14-20H2,1-2H3,(H,40,46,47). The van der Waals surface area contributed by atoms with E-state index in [0.717, 1.165) is 68.5 Å². The lowest BCUT2D eigenvalue weighted by Crippen LogP contribution is -2.71. The van der Waals surface area contributed by atoms with Gasteiger partial charge in [0.1, 0.15) is 10.5 Å². The third-order valence-electron chi connectivity index (χ3n) is 10.9. The molecule has 3 unspecified atom stereocenters. The lowest BCUT2D eigenvalue weighted by Gasteiger charge is -2.61. The van der Waals surface area contributed by atoms with E-state index in [9.17, 15) is 24.0 Å². The molecule has 0 aliphatic carbocycles. The molecule has 2 N–H and O–H groups in total. The van der Waals surface area contributed by atoms with Gasteiger partial charge in [0, 0.05) is 76.4 Å². The number of fused-ring (bicyclic) bond motifs is 1. The minimum absolute atomic E-state index is 0.0992. The minimum Gasteiger partial charge on any atom is -0.379 e. The molecule has 260 valence electrons. The number of hydrogen-bond acceptors (Lipinski definition) is 10. The first-order valence-electron chi connectivity index (χ1n) is 17.1. The first kappa shape index (κ1) is 32.8. The van der Waals surface area contributed by atoms with Crippen LogP contribution in [0.3, 0.4) is 0 Å². The van der Waals surface area contributed by atoms with Crippen molar-refractivity contribution in [1.82, 2.24) is 29.8 Å². The number of aromatic nitrogens is 2. The van der Waals surface area contributed by atoms with Gasteiger partial charge in [-0.3, -0.25) is 39.1 Å². The molecule has 14 heteroatoms. The summed E-state index contributed by atoms with van der Waals surface area (Å²) in [6.45, 7) is 6.54. The van der Waals surface area contributed by atoms with Gasteiger partial charge in [-0.25, -0.2) is 4.68 Å². The molecule has 13 nitrogen and oxygen atoms in total. The number of nitrogens with one attached hydrogen (secondary N) is 2. The fourth-order valence-corrected chi connectivity index (χ4v) is 8.94. The molecule has 5 aliphatic rings. The Labute approximate surface area is 297 Å². The van der Waals surface area contributed by atoms with E-state index in [1.165, 1.54) is 15.8 Å². The van der Waals surface area contributed by atoms with Crippen molar-refractivity contribution < 1.29 is 19.2 Å². The smallest absolute Gasteiger partial charge is 0.282 e. The summed E-state index contributed by atoms with van der Waals surface area (Å²) in [7, 11) is 3.78. The molecular formula is C36H39BrN8O5. The molecule has 3 aromatic rings. The molecule has 2 aromatic carbocycles. The van der Waals surface area contributed by atoms with Crippen molar-refractivity contribution in [3.05, 3.63) is 85.7 Å². The maximum absolute atomic E-state index is 13.3. The monoisotopic (exact) mass is 742 g/mol. The molecular weight excluding hydrogens is 704 g/mol. The summed E-state index contributed by atoms with van der Waals surface area (Å²) in [6, 6.07) is 13.6. The van der Waals surface area contributed by atoms with Crippen LogP contribution in [0.4, 0.5) is 11.4 Å². The predicted octanol–water partition coefficient (Wildman–Crippen LogP) is 2.17. The molecule has 6 heterocycles. The fraction of sp³-hybridized carbons (Fsp3) is 0.444. The number of carbonyl (C=O) groups is 4. The highest BCUT2D eigenvalue weighted by Gasteiger charge is 2.52. The number of amides is 4. The number of benzene rings is 2. The predicted molar refractivity (Wildman–Crippen MR) is 189 cm³/mol. The summed E-state index contributed by atoms with van der Waals surface area (Å²) in [5.41, 5.74) is 4.91. The van der Waals surface area contributed by atoms with Gasteiger partial charge in [-0.15, -0.1) is 0 Å². The van der Waals surface area contributed by atoms with Gasteiger partial charge >= 0.3 is 0 Å². The van der Waals surface area contributed by atoms with Crippen LogP contribution >= 0.6 is 15.9 Å². The van der Waals surface area contributed by atoms with Gasteiger partial charge in [-0.1, -0.05) is 24.3 Å². The normalized spacial score (nSPS) is 25.0. The second-order valence-electron chi connectivity index (χ2n) is 14.7. The molecule has 5 aliphatic heterocycles. The fourth-order valence-electron chi connectivity index (χ4n) is 8.47. The quantitative estimate of drug-likeness (QED) is 0.347. The first-order valence-corrected chi connectivity index (χ1v) is 17.8. The molecule has 1 aromatic heterocycles. The minimum atomic E-state index is -0.962.